The van der Waals surface area contributed by atoms with E-state index in [-0.39, 0.29) is 34.5 Å². The predicted molar refractivity (Wildman–Crippen MR) is 114 cm³/mol. The van der Waals surface area contributed by atoms with Crippen molar-refractivity contribution >= 4 is 27.5 Å². The minimum Gasteiger partial charge on any atom is -0.352 e. The molecule has 1 unspecified atom stereocenters. The lowest BCUT2D eigenvalue weighted by Crippen LogP contribution is -2.42. The Hall–Kier alpha value is -1.97. The third-order valence-electron chi connectivity index (χ3n) is 6.52. The third kappa shape index (κ3) is 4.36. The molecule has 31 heavy (non-hydrogen) atoms. The minimum atomic E-state index is -3.77. The van der Waals surface area contributed by atoms with Crippen LogP contribution in [0.15, 0.2) is 35.7 Å². The molecule has 10 heteroatoms. The summed E-state index contributed by atoms with van der Waals surface area (Å²) >= 11 is 5.83. The molecule has 2 aliphatic rings. The largest absolute Gasteiger partial charge is 0.352 e. The lowest BCUT2D eigenvalue weighted by atomic mass is 9.67. The lowest BCUT2D eigenvalue weighted by Gasteiger charge is -2.37. The van der Waals surface area contributed by atoms with Crippen LogP contribution in [-0.2, 0) is 28.4 Å². The zero-order valence-electron chi connectivity index (χ0n) is 17.4. The molecule has 1 atom stereocenters. The number of aryl methyl sites for hydroxylation is 1. The van der Waals surface area contributed by atoms with Gasteiger partial charge in [0.1, 0.15) is 5.82 Å². The number of sulfonamides is 1. The molecule has 1 aliphatic heterocycles. The van der Waals surface area contributed by atoms with E-state index in [0.29, 0.717) is 12.1 Å². The second-order valence-corrected chi connectivity index (χ2v) is 10.9. The molecule has 0 radical (unpaired) electrons. The van der Waals surface area contributed by atoms with Gasteiger partial charge in [-0.15, -0.1) is 0 Å². The summed E-state index contributed by atoms with van der Waals surface area (Å²) in [6, 6.07) is 4.33. The number of aromatic nitrogens is 2. The molecule has 2 aromatic rings. The maximum atomic E-state index is 13.4. The fourth-order valence-corrected chi connectivity index (χ4v) is 6.57. The van der Waals surface area contributed by atoms with Gasteiger partial charge in [0.15, 0.2) is 5.03 Å². The zero-order valence-corrected chi connectivity index (χ0v) is 18.9. The molecule has 1 aromatic carbocycles. The van der Waals surface area contributed by atoms with Crippen molar-refractivity contribution < 1.29 is 17.6 Å². The number of carbonyl (C=O) groups excluding carboxylic acids is 1. The summed E-state index contributed by atoms with van der Waals surface area (Å²) in [5.41, 5.74) is 0.318. The number of halogens is 2. The fourth-order valence-electron chi connectivity index (χ4n) is 4.85. The maximum absolute atomic E-state index is 13.4. The Kier molecular flexibility index (Phi) is 6.11. The Balaban J connectivity index is 1.54. The predicted octanol–water partition coefficient (Wildman–Crippen LogP) is 3.10. The molecular formula is C21H26ClFN4O3S. The average Bonchev–Trinajstić information content (AvgIpc) is 3.34. The van der Waals surface area contributed by atoms with Crippen molar-refractivity contribution in [1.29, 1.82) is 0 Å². The van der Waals surface area contributed by atoms with Gasteiger partial charge in [0, 0.05) is 32.9 Å². The molecule has 168 valence electrons. The van der Waals surface area contributed by atoms with Gasteiger partial charge in [-0.1, -0.05) is 36.9 Å². The Morgan fingerprint density at radius 3 is 2.71 bits per heavy atom. The summed E-state index contributed by atoms with van der Waals surface area (Å²) in [4.78, 5) is 17.2. The second-order valence-electron chi connectivity index (χ2n) is 8.62. The summed E-state index contributed by atoms with van der Waals surface area (Å²) in [5.74, 6) is -1.13. The molecule has 1 saturated carbocycles. The molecule has 7 nitrogen and oxygen atoms in total. The Bertz CT molecular complexity index is 1080. The highest BCUT2D eigenvalue weighted by atomic mass is 35.5. The molecule has 1 saturated heterocycles. The minimum absolute atomic E-state index is 0.00275. The van der Waals surface area contributed by atoms with E-state index in [2.05, 4.69) is 10.3 Å². The van der Waals surface area contributed by atoms with E-state index in [1.165, 1.54) is 29.0 Å². The molecule has 1 aliphatic carbocycles. The van der Waals surface area contributed by atoms with Crippen molar-refractivity contribution in [1.82, 2.24) is 19.2 Å². The lowest BCUT2D eigenvalue weighted by molar-refractivity contribution is -0.128. The SMILES string of the molecule is Cn1cnc(S(=O)(=O)N2CC(C(=O)NCc3ccc(F)c(Cl)c3)C3(CCCCC3)C2)c1. The van der Waals surface area contributed by atoms with E-state index in [0.717, 1.165) is 32.1 Å². The van der Waals surface area contributed by atoms with Crippen molar-refractivity contribution in [2.45, 2.75) is 43.7 Å². The first-order valence-corrected chi connectivity index (χ1v) is 12.2. The van der Waals surface area contributed by atoms with E-state index in [4.69, 9.17) is 11.6 Å². The number of rotatable bonds is 5. The van der Waals surface area contributed by atoms with Crippen LogP contribution in [0.25, 0.3) is 0 Å². The number of nitrogens with zero attached hydrogens (tertiary/aromatic N) is 3. The molecule has 1 N–H and O–H groups in total. The van der Waals surface area contributed by atoms with Crippen LogP contribution in [0.5, 0.6) is 0 Å². The smallest absolute Gasteiger partial charge is 0.262 e. The van der Waals surface area contributed by atoms with Gasteiger partial charge in [-0.25, -0.2) is 17.8 Å². The molecule has 1 amide bonds. The van der Waals surface area contributed by atoms with Crippen LogP contribution >= 0.6 is 11.6 Å². The molecule has 0 bridgehead atoms. The van der Waals surface area contributed by atoms with E-state index < -0.39 is 21.8 Å². The normalized spacial score (nSPS) is 21.5. The number of hydrogen-bond donors (Lipinski definition) is 1. The molecule has 2 heterocycles. The number of benzene rings is 1. The van der Waals surface area contributed by atoms with Gasteiger partial charge >= 0.3 is 0 Å². The first-order valence-electron chi connectivity index (χ1n) is 10.4. The van der Waals surface area contributed by atoms with Crippen molar-refractivity contribution in [3.8, 4) is 0 Å². The number of hydrogen-bond acceptors (Lipinski definition) is 4. The third-order valence-corrected chi connectivity index (χ3v) is 8.51. The Morgan fingerprint density at radius 1 is 1.32 bits per heavy atom. The van der Waals surface area contributed by atoms with Crippen LogP contribution in [0.4, 0.5) is 4.39 Å². The van der Waals surface area contributed by atoms with E-state index in [9.17, 15) is 17.6 Å². The summed E-state index contributed by atoms with van der Waals surface area (Å²) in [5, 5.41) is 2.92. The van der Waals surface area contributed by atoms with Gasteiger partial charge in [-0.3, -0.25) is 4.79 Å². The molecule has 2 fully saturated rings. The number of carbonyl (C=O) groups is 1. The molecular weight excluding hydrogens is 443 g/mol. The summed E-state index contributed by atoms with van der Waals surface area (Å²) < 4.78 is 42.7. The van der Waals surface area contributed by atoms with Crippen LogP contribution < -0.4 is 5.32 Å². The van der Waals surface area contributed by atoms with Gasteiger partial charge in [0.05, 0.1) is 17.3 Å². The number of amides is 1. The Morgan fingerprint density at radius 2 is 2.06 bits per heavy atom. The van der Waals surface area contributed by atoms with Crippen molar-refractivity contribution in [2.24, 2.45) is 18.4 Å². The average molecular weight is 469 g/mol. The highest BCUT2D eigenvalue weighted by Crippen LogP contribution is 2.48. The standard InChI is InChI=1S/C21H26ClFN4O3S/c1-26-12-19(25-14-26)31(29,30)27-11-16(21(13-27)7-3-2-4-8-21)20(28)24-10-15-5-6-18(23)17(22)9-15/h5-6,9,12,14,16H,2-4,7-8,10-11,13H2,1H3,(H,24,28). The van der Waals surface area contributed by atoms with Crippen molar-refractivity contribution in [2.75, 3.05) is 13.1 Å². The topological polar surface area (TPSA) is 84.3 Å². The summed E-state index contributed by atoms with van der Waals surface area (Å²) in [7, 11) is -2.06. The first-order chi connectivity index (χ1) is 14.7. The van der Waals surface area contributed by atoms with Crippen LogP contribution in [0, 0.1) is 17.2 Å². The van der Waals surface area contributed by atoms with Gasteiger partial charge in [-0.05, 0) is 36.0 Å². The molecule has 4 rings (SSSR count). The molecule has 1 aromatic heterocycles. The van der Waals surface area contributed by atoms with Gasteiger partial charge in [0.2, 0.25) is 5.91 Å². The van der Waals surface area contributed by atoms with E-state index in [1.54, 1.807) is 17.7 Å². The van der Waals surface area contributed by atoms with Gasteiger partial charge < -0.3 is 9.88 Å². The first kappa shape index (κ1) is 22.2. The van der Waals surface area contributed by atoms with Crippen molar-refractivity contribution in [3.05, 3.63) is 47.1 Å². The summed E-state index contributed by atoms with van der Waals surface area (Å²) in [6.07, 6.45) is 7.64. The van der Waals surface area contributed by atoms with Crippen LogP contribution in [0.1, 0.15) is 37.7 Å². The highest BCUT2D eigenvalue weighted by molar-refractivity contribution is 7.89. The Labute approximate surface area is 186 Å². The quantitative estimate of drug-likeness (QED) is 0.730. The van der Waals surface area contributed by atoms with Crippen LogP contribution in [0.2, 0.25) is 5.02 Å². The van der Waals surface area contributed by atoms with Crippen LogP contribution in [0.3, 0.4) is 0 Å². The summed E-state index contributed by atoms with van der Waals surface area (Å²) in [6.45, 7) is 0.666. The fraction of sp³-hybridized carbons (Fsp3) is 0.524. The number of imidazole rings is 1. The second kappa shape index (κ2) is 8.52. The monoisotopic (exact) mass is 468 g/mol. The van der Waals surface area contributed by atoms with Crippen LogP contribution in [-0.4, -0.2) is 41.3 Å². The zero-order chi connectivity index (χ0) is 22.2. The van der Waals surface area contributed by atoms with Gasteiger partial charge in [0.25, 0.3) is 10.0 Å². The highest BCUT2D eigenvalue weighted by Gasteiger charge is 2.53. The van der Waals surface area contributed by atoms with E-state index >= 15 is 0 Å². The number of nitrogens with one attached hydrogen (secondary N) is 1. The van der Waals surface area contributed by atoms with E-state index in [1.807, 2.05) is 0 Å². The van der Waals surface area contributed by atoms with Crippen molar-refractivity contribution in [3.63, 3.8) is 0 Å². The molecule has 1 spiro atoms. The van der Waals surface area contributed by atoms with Gasteiger partial charge in [-0.2, -0.15) is 4.31 Å². The maximum Gasteiger partial charge on any atom is 0.262 e.